The number of nitrogens with one attached hydrogen (secondary N) is 1. The summed E-state index contributed by atoms with van der Waals surface area (Å²) < 4.78 is 34.7. The van der Waals surface area contributed by atoms with Gasteiger partial charge in [0.1, 0.15) is 0 Å². The third kappa shape index (κ3) is 3.49. The van der Waals surface area contributed by atoms with Crippen molar-refractivity contribution in [2.75, 3.05) is 18.4 Å². The number of fused-ring (bicyclic) bond motifs is 4. The van der Waals surface area contributed by atoms with Gasteiger partial charge in [-0.2, -0.15) is 4.31 Å². The Morgan fingerprint density at radius 1 is 1.00 bits per heavy atom. The Morgan fingerprint density at radius 3 is 2.55 bits per heavy atom. The zero-order valence-electron chi connectivity index (χ0n) is 16.6. The minimum atomic E-state index is -3.64. The molecular weight excluding hydrogens is 418 g/mol. The quantitative estimate of drug-likeness (QED) is 0.673. The zero-order valence-corrected chi connectivity index (χ0v) is 17.4. The fraction of sp³-hybridized carbons (Fsp3) is 0.273. The smallest absolute Gasteiger partial charge is 0.291 e. The molecule has 5 rings (SSSR count). The fourth-order valence-corrected chi connectivity index (χ4v) is 6.19. The fourth-order valence-electron chi connectivity index (χ4n) is 4.61. The van der Waals surface area contributed by atoms with Crippen molar-refractivity contribution in [1.82, 2.24) is 8.87 Å². The van der Waals surface area contributed by atoms with Crippen LogP contribution in [0.2, 0.25) is 0 Å². The molecule has 2 unspecified atom stereocenters. The lowest BCUT2D eigenvalue weighted by molar-refractivity contribution is 0.0996. The highest BCUT2D eigenvalue weighted by atomic mass is 32.2. The topological polar surface area (TPSA) is 102 Å². The van der Waals surface area contributed by atoms with Crippen molar-refractivity contribution >= 4 is 21.6 Å². The second-order valence-corrected chi connectivity index (χ2v) is 9.88. The van der Waals surface area contributed by atoms with Gasteiger partial charge in [-0.1, -0.05) is 18.2 Å². The molecule has 160 valence electrons. The molecular formula is C22H21N3O5S. The molecule has 3 aromatic rings. The van der Waals surface area contributed by atoms with E-state index in [2.05, 4.69) is 5.32 Å². The van der Waals surface area contributed by atoms with Gasteiger partial charge in [0.2, 0.25) is 10.0 Å². The summed E-state index contributed by atoms with van der Waals surface area (Å²) in [6, 6.07) is 14.6. The van der Waals surface area contributed by atoms with Gasteiger partial charge in [-0.15, -0.1) is 0 Å². The first kappa shape index (κ1) is 19.8. The molecule has 1 amide bonds. The number of amides is 1. The van der Waals surface area contributed by atoms with E-state index < -0.39 is 15.9 Å². The van der Waals surface area contributed by atoms with E-state index in [9.17, 15) is 18.0 Å². The van der Waals surface area contributed by atoms with Gasteiger partial charge in [0.05, 0.1) is 16.8 Å². The van der Waals surface area contributed by atoms with Crippen LogP contribution in [0.25, 0.3) is 0 Å². The van der Waals surface area contributed by atoms with Crippen molar-refractivity contribution in [3.05, 3.63) is 82.7 Å². The van der Waals surface area contributed by atoms with E-state index in [-0.39, 0.29) is 34.6 Å². The van der Waals surface area contributed by atoms with E-state index in [4.69, 9.17) is 4.42 Å². The number of hydrogen-bond acceptors (Lipinski definition) is 5. The first-order chi connectivity index (χ1) is 14.9. The molecule has 2 aliphatic rings. The second-order valence-electron chi connectivity index (χ2n) is 7.95. The van der Waals surface area contributed by atoms with Crippen molar-refractivity contribution in [2.24, 2.45) is 5.92 Å². The SMILES string of the molecule is O=C(Nc1ccc(=O)n2c1C1CC(CN(S(=O)(=O)c3ccccc3)C1)C2)c1ccco1. The highest BCUT2D eigenvalue weighted by Gasteiger charge is 2.40. The maximum absolute atomic E-state index is 13.2. The molecule has 31 heavy (non-hydrogen) atoms. The average Bonchev–Trinajstić information content (AvgIpc) is 3.31. The number of piperidine rings is 1. The molecule has 2 bridgehead atoms. The molecule has 0 radical (unpaired) electrons. The van der Waals surface area contributed by atoms with Crippen molar-refractivity contribution in [3.8, 4) is 0 Å². The largest absolute Gasteiger partial charge is 0.459 e. The zero-order chi connectivity index (χ0) is 21.6. The number of rotatable bonds is 4. The number of nitrogens with zero attached hydrogens (tertiary/aromatic N) is 2. The molecule has 4 heterocycles. The van der Waals surface area contributed by atoms with Crippen LogP contribution >= 0.6 is 0 Å². The van der Waals surface area contributed by atoms with Crippen LogP contribution in [0.4, 0.5) is 5.69 Å². The van der Waals surface area contributed by atoms with E-state index in [0.717, 1.165) is 6.42 Å². The van der Waals surface area contributed by atoms with Crippen LogP contribution in [0.1, 0.15) is 28.6 Å². The number of furan rings is 1. The standard InChI is InChI=1S/C22H21N3O5S/c26-20-9-8-18(23-22(27)19-7-4-10-30-19)21-16-11-15(13-25(20)21)12-24(14-16)31(28,29)17-5-2-1-3-6-17/h1-10,15-16H,11-14H2,(H,23,27). The van der Waals surface area contributed by atoms with Gasteiger partial charge in [-0.25, -0.2) is 8.42 Å². The number of carbonyl (C=O) groups excluding carboxylic acids is 1. The molecule has 0 saturated carbocycles. The predicted octanol–water partition coefficient (Wildman–Crippen LogP) is 2.50. The maximum Gasteiger partial charge on any atom is 0.291 e. The molecule has 0 aliphatic carbocycles. The number of aromatic nitrogens is 1. The number of carbonyl (C=O) groups is 1. The van der Waals surface area contributed by atoms with Gasteiger partial charge >= 0.3 is 0 Å². The summed E-state index contributed by atoms with van der Waals surface area (Å²) >= 11 is 0. The molecule has 2 aromatic heterocycles. The third-order valence-electron chi connectivity index (χ3n) is 5.93. The first-order valence-corrected chi connectivity index (χ1v) is 11.5. The lowest BCUT2D eigenvalue weighted by atomic mass is 9.83. The molecule has 1 aromatic carbocycles. The Morgan fingerprint density at radius 2 is 1.81 bits per heavy atom. The molecule has 2 atom stereocenters. The van der Waals surface area contributed by atoms with E-state index in [1.165, 1.54) is 16.6 Å². The van der Waals surface area contributed by atoms with Crippen LogP contribution in [-0.2, 0) is 16.6 Å². The highest BCUT2D eigenvalue weighted by Crippen LogP contribution is 2.40. The van der Waals surface area contributed by atoms with Gasteiger partial charge in [0.25, 0.3) is 11.5 Å². The Hall–Kier alpha value is -3.17. The van der Waals surface area contributed by atoms with Gasteiger partial charge in [-0.05, 0) is 42.7 Å². The summed E-state index contributed by atoms with van der Waals surface area (Å²) in [5.41, 5.74) is 1.01. The van der Waals surface area contributed by atoms with Crippen LogP contribution < -0.4 is 10.9 Å². The van der Waals surface area contributed by atoms with Gasteiger partial charge in [0.15, 0.2) is 5.76 Å². The summed E-state index contributed by atoms with van der Waals surface area (Å²) in [7, 11) is -3.64. The minimum absolute atomic E-state index is 0.0264. The van der Waals surface area contributed by atoms with Crippen molar-refractivity contribution in [1.29, 1.82) is 0 Å². The van der Waals surface area contributed by atoms with Crippen LogP contribution in [-0.4, -0.2) is 36.3 Å². The maximum atomic E-state index is 13.2. The lowest BCUT2D eigenvalue weighted by Crippen LogP contribution is -2.49. The molecule has 0 spiro atoms. The number of pyridine rings is 1. The first-order valence-electron chi connectivity index (χ1n) is 10.1. The molecule has 1 N–H and O–H groups in total. The minimum Gasteiger partial charge on any atom is -0.459 e. The predicted molar refractivity (Wildman–Crippen MR) is 113 cm³/mol. The Kier molecular flexibility index (Phi) is 4.79. The lowest BCUT2D eigenvalue weighted by Gasteiger charge is -2.42. The van der Waals surface area contributed by atoms with E-state index in [1.54, 1.807) is 53.1 Å². The van der Waals surface area contributed by atoms with E-state index >= 15 is 0 Å². The summed E-state index contributed by atoms with van der Waals surface area (Å²) in [6.45, 7) is 1.03. The van der Waals surface area contributed by atoms with Crippen LogP contribution in [0.3, 0.4) is 0 Å². The molecule has 9 heteroatoms. The third-order valence-corrected chi connectivity index (χ3v) is 7.78. The van der Waals surface area contributed by atoms with E-state index in [1.807, 2.05) is 0 Å². The number of hydrogen-bond donors (Lipinski definition) is 1. The van der Waals surface area contributed by atoms with Gasteiger partial charge in [0, 0.05) is 37.3 Å². The molecule has 2 aliphatic heterocycles. The number of sulfonamides is 1. The van der Waals surface area contributed by atoms with Crippen LogP contribution in [0, 0.1) is 5.92 Å². The Labute approximate surface area is 179 Å². The van der Waals surface area contributed by atoms with Gasteiger partial charge in [-0.3, -0.25) is 9.59 Å². The molecule has 1 saturated heterocycles. The van der Waals surface area contributed by atoms with Crippen molar-refractivity contribution < 1.29 is 17.6 Å². The van der Waals surface area contributed by atoms with E-state index in [0.29, 0.717) is 24.5 Å². The summed E-state index contributed by atoms with van der Waals surface area (Å²) in [5.74, 6) is -0.432. The molecule has 1 fully saturated rings. The van der Waals surface area contributed by atoms with Gasteiger partial charge < -0.3 is 14.3 Å². The second kappa shape index (κ2) is 7.51. The summed E-state index contributed by atoms with van der Waals surface area (Å²) in [5, 5.41) is 2.83. The summed E-state index contributed by atoms with van der Waals surface area (Å²) in [6.07, 6.45) is 2.17. The van der Waals surface area contributed by atoms with Crippen LogP contribution in [0.15, 0.2) is 75.0 Å². The Bertz CT molecular complexity index is 1280. The van der Waals surface area contributed by atoms with Crippen LogP contribution in [0.5, 0.6) is 0 Å². The monoisotopic (exact) mass is 439 g/mol. The normalized spacial score (nSPS) is 20.8. The number of benzene rings is 1. The Balaban J connectivity index is 1.50. The number of anilines is 1. The molecule has 8 nitrogen and oxygen atoms in total. The van der Waals surface area contributed by atoms with Crippen molar-refractivity contribution in [3.63, 3.8) is 0 Å². The van der Waals surface area contributed by atoms with Crippen molar-refractivity contribution in [2.45, 2.75) is 23.8 Å². The average molecular weight is 439 g/mol. The summed E-state index contributed by atoms with van der Waals surface area (Å²) in [4.78, 5) is 25.3. The highest BCUT2D eigenvalue weighted by molar-refractivity contribution is 7.89.